The Kier molecular flexibility index (Phi) is 8.31. The summed E-state index contributed by atoms with van der Waals surface area (Å²) in [6.07, 6.45) is 7.12. The van der Waals surface area contributed by atoms with Gasteiger partial charge in [0.05, 0.1) is 32.0 Å². The van der Waals surface area contributed by atoms with Gasteiger partial charge >= 0.3 is 5.97 Å². The highest BCUT2D eigenvalue weighted by molar-refractivity contribution is 14.1. The molecule has 6 nitrogen and oxygen atoms in total. The van der Waals surface area contributed by atoms with E-state index >= 15 is 0 Å². The normalized spacial score (nSPS) is 15.2. The highest BCUT2D eigenvalue weighted by atomic mass is 127. The maximum atomic E-state index is 13.8. The summed E-state index contributed by atoms with van der Waals surface area (Å²) in [6.45, 7) is 3.67. The number of carbonyl (C=O) groups excluding carboxylic acids is 1. The van der Waals surface area contributed by atoms with E-state index in [0.717, 1.165) is 7.14 Å². The third-order valence-electron chi connectivity index (χ3n) is 5.33. The minimum atomic E-state index is -0.809. The number of ether oxygens (including phenoxy) is 2. The number of rotatable bonds is 6. The lowest BCUT2D eigenvalue weighted by Gasteiger charge is -2.24. The Morgan fingerprint density at radius 3 is 2.69 bits per heavy atom. The Morgan fingerprint density at radius 2 is 2.03 bits per heavy atom. The van der Waals surface area contributed by atoms with Crippen LogP contribution < -0.4 is 19.6 Å². The molecule has 3 aromatic rings. The minimum Gasteiger partial charge on any atom is -0.479 e. The van der Waals surface area contributed by atoms with E-state index in [1.165, 1.54) is 28.0 Å². The van der Waals surface area contributed by atoms with Crippen LogP contribution in [0.2, 0.25) is 0 Å². The second-order valence-corrected chi connectivity index (χ2v) is 11.1. The van der Waals surface area contributed by atoms with Gasteiger partial charge < -0.3 is 9.47 Å². The van der Waals surface area contributed by atoms with E-state index in [4.69, 9.17) is 15.9 Å². The SMILES string of the molecule is C#CCOc1c(I)cc(I)cc1/C=c1\sc2n(c1=O)[C@H](c1ccc(F)cc1)C(C(=O)OCC)=C(C)N=2. The molecule has 36 heavy (non-hydrogen) atoms. The van der Waals surface area contributed by atoms with E-state index in [1.54, 1.807) is 32.1 Å². The molecule has 0 amide bonds. The first-order chi connectivity index (χ1) is 17.2. The summed E-state index contributed by atoms with van der Waals surface area (Å²) in [7, 11) is 0. The lowest BCUT2D eigenvalue weighted by atomic mass is 9.96. The van der Waals surface area contributed by atoms with E-state index in [1.807, 2.05) is 12.1 Å². The van der Waals surface area contributed by atoms with Gasteiger partial charge in [-0.05, 0) is 94.9 Å². The summed E-state index contributed by atoms with van der Waals surface area (Å²) in [4.78, 5) is 31.7. The third-order valence-corrected chi connectivity index (χ3v) is 7.73. The van der Waals surface area contributed by atoms with Crippen LogP contribution in [0.5, 0.6) is 5.75 Å². The van der Waals surface area contributed by atoms with Gasteiger partial charge in [-0.1, -0.05) is 29.4 Å². The van der Waals surface area contributed by atoms with E-state index in [0.29, 0.717) is 31.9 Å². The van der Waals surface area contributed by atoms with Crippen molar-refractivity contribution in [2.45, 2.75) is 19.9 Å². The van der Waals surface area contributed by atoms with Crippen molar-refractivity contribution >= 4 is 68.6 Å². The fraction of sp³-hybridized carbons (Fsp3) is 0.192. The summed E-state index contributed by atoms with van der Waals surface area (Å²) < 4.78 is 28.4. The highest BCUT2D eigenvalue weighted by Gasteiger charge is 2.33. The molecule has 0 aliphatic carbocycles. The topological polar surface area (TPSA) is 69.9 Å². The van der Waals surface area contributed by atoms with Crippen molar-refractivity contribution in [3.8, 4) is 18.1 Å². The molecule has 0 saturated heterocycles. The number of halogens is 3. The largest absolute Gasteiger partial charge is 0.479 e. The van der Waals surface area contributed by atoms with Crippen molar-refractivity contribution in [2.75, 3.05) is 13.2 Å². The molecule has 1 aromatic heterocycles. The molecule has 0 saturated carbocycles. The van der Waals surface area contributed by atoms with Gasteiger partial charge in [0.15, 0.2) is 4.80 Å². The predicted molar refractivity (Wildman–Crippen MR) is 153 cm³/mol. The van der Waals surface area contributed by atoms with Gasteiger partial charge in [-0.25, -0.2) is 14.2 Å². The van der Waals surface area contributed by atoms with Gasteiger partial charge in [0.2, 0.25) is 0 Å². The number of benzene rings is 2. The molecule has 10 heteroatoms. The van der Waals surface area contributed by atoms with E-state index < -0.39 is 17.8 Å². The number of allylic oxidation sites excluding steroid dienone is 1. The monoisotopic (exact) mass is 728 g/mol. The Hall–Kier alpha value is -2.50. The van der Waals surface area contributed by atoms with E-state index in [9.17, 15) is 14.0 Å². The van der Waals surface area contributed by atoms with Gasteiger partial charge in [0.1, 0.15) is 18.2 Å². The first-order valence-corrected chi connectivity index (χ1v) is 13.7. The van der Waals surface area contributed by atoms with Gasteiger partial charge in [0, 0.05) is 9.13 Å². The molecule has 0 bridgehead atoms. The molecular weight excluding hydrogens is 709 g/mol. The molecule has 0 fully saturated rings. The van der Waals surface area contributed by atoms with Crippen molar-refractivity contribution in [2.24, 2.45) is 4.99 Å². The molecule has 1 aliphatic heterocycles. The number of esters is 1. The Morgan fingerprint density at radius 1 is 1.31 bits per heavy atom. The summed E-state index contributed by atoms with van der Waals surface area (Å²) in [5.41, 5.74) is 1.62. The smallest absolute Gasteiger partial charge is 0.338 e. The zero-order valence-corrected chi connectivity index (χ0v) is 24.3. The molecule has 0 radical (unpaired) electrons. The van der Waals surface area contributed by atoms with Gasteiger partial charge in [-0.15, -0.1) is 6.42 Å². The fourth-order valence-corrected chi connectivity index (χ4v) is 6.93. The lowest BCUT2D eigenvalue weighted by Crippen LogP contribution is -2.39. The van der Waals surface area contributed by atoms with Crippen LogP contribution in [-0.4, -0.2) is 23.8 Å². The molecule has 2 heterocycles. The maximum Gasteiger partial charge on any atom is 0.338 e. The van der Waals surface area contributed by atoms with Crippen LogP contribution in [0.3, 0.4) is 0 Å². The van der Waals surface area contributed by atoms with Crippen molar-refractivity contribution in [1.29, 1.82) is 0 Å². The second-order valence-electron chi connectivity index (χ2n) is 7.65. The molecule has 2 aromatic carbocycles. The first-order valence-electron chi connectivity index (χ1n) is 10.8. The van der Waals surface area contributed by atoms with Crippen LogP contribution in [0.1, 0.15) is 31.0 Å². The summed E-state index contributed by atoms with van der Waals surface area (Å²) in [5, 5.41) is 0. The molecule has 0 N–H and O–H groups in total. The number of thiazole rings is 1. The van der Waals surface area contributed by atoms with Crippen molar-refractivity contribution in [3.63, 3.8) is 0 Å². The molecular formula is C26H19FI2N2O4S. The summed E-state index contributed by atoms with van der Waals surface area (Å²) in [5.74, 6) is 2.06. The average Bonchev–Trinajstić information content (AvgIpc) is 3.12. The number of terminal acetylenes is 1. The number of hydrogen-bond acceptors (Lipinski definition) is 6. The van der Waals surface area contributed by atoms with Crippen LogP contribution >= 0.6 is 56.5 Å². The molecule has 0 unspecified atom stereocenters. The van der Waals surface area contributed by atoms with Crippen LogP contribution in [0, 0.1) is 25.3 Å². The lowest BCUT2D eigenvalue weighted by molar-refractivity contribution is -0.139. The number of nitrogens with zero attached hydrogens (tertiary/aromatic N) is 2. The van der Waals surface area contributed by atoms with Crippen LogP contribution in [0.15, 0.2) is 57.5 Å². The molecule has 0 spiro atoms. The number of carbonyl (C=O) groups is 1. The van der Waals surface area contributed by atoms with Crippen molar-refractivity contribution in [1.82, 2.24) is 4.57 Å². The van der Waals surface area contributed by atoms with Gasteiger partial charge in [-0.3, -0.25) is 9.36 Å². The maximum absolute atomic E-state index is 13.8. The second kappa shape index (κ2) is 11.3. The van der Waals surface area contributed by atoms with Crippen molar-refractivity contribution < 1.29 is 18.7 Å². The van der Waals surface area contributed by atoms with Crippen LogP contribution in [0.4, 0.5) is 4.39 Å². The summed E-state index contributed by atoms with van der Waals surface area (Å²) >= 11 is 5.57. The molecule has 1 aliphatic rings. The Labute approximate surface area is 237 Å². The summed E-state index contributed by atoms with van der Waals surface area (Å²) in [6, 6.07) is 8.76. The quantitative estimate of drug-likeness (QED) is 0.218. The number of aromatic nitrogens is 1. The van der Waals surface area contributed by atoms with Crippen molar-refractivity contribution in [3.05, 3.63) is 91.4 Å². The number of hydrogen-bond donors (Lipinski definition) is 0. The average molecular weight is 728 g/mol. The van der Waals surface area contributed by atoms with Gasteiger partial charge in [0.25, 0.3) is 5.56 Å². The first kappa shape index (κ1) is 26.6. The zero-order valence-electron chi connectivity index (χ0n) is 19.2. The Bertz CT molecular complexity index is 1600. The van der Waals surface area contributed by atoms with Crippen LogP contribution in [-0.2, 0) is 9.53 Å². The van der Waals surface area contributed by atoms with E-state index in [2.05, 4.69) is 56.1 Å². The standard InChI is InChI=1S/C26H19FI2N2O4S/c1-4-10-35-23-16(11-18(28)13-19(23)29)12-20-24(32)31-22(15-6-8-17(27)9-7-15)21(25(33)34-5-2)14(3)30-26(31)36-20/h1,6-9,11-13,22H,5,10H2,2-3H3/b20-12-/t22-/m1/s1. The highest BCUT2D eigenvalue weighted by Crippen LogP contribution is 2.31. The van der Waals surface area contributed by atoms with E-state index in [-0.39, 0.29) is 24.3 Å². The zero-order chi connectivity index (χ0) is 26.0. The molecule has 1 atom stereocenters. The minimum absolute atomic E-state index is 0.0886. The Balaban J connectivity index is 1.96. The predicted octanol–water partition coefficient (Wildman–Crippen LogP) is 4.16. The number of fused-ring (bicyclic) bond motifs is 1. The van der Waals surface area contributed by atoms with Crippen LogP contribution in [0.25, 0.3) is 6.08 Å². The third kappa shape index (κ3) is 5.28. The molecule has 4 rings (SSSR count). The fourth-order valence-electron chi connectivity index (χ4n) is 3.85. The van der Waals surface area contributed by atoms with Gasteiger partial charge in [-0.2, -0.15) is 0 Å². The molecule has 184 valence electrons.